The Labute approximate surface area is 140 Å². The first kappa shape index (κ1) is 16.4. The van der Waals surface area contributed by atoms with Crippen molar-refractivity contribution in [3.8, 4) is 0 Å². The van der Waals surface area contributed by atoms with E-state index in [9.17, 15) is 15.3 Å². The number of aliphatic hydroxyl groups excluding tert-OH is 2. The highest BCUT2D eigenvalue weighted by atomic mass is 16.3. The Balaban J connectivity index is 1.71. The van der Waals surface area contributed by atoms with Crippen LogP contribution in [-0.4, -0.2) is 33.1 Å². The van der Waals surface area contributed by atoms with Crippen molar-refractivity contribution in [2.75, 3.05) is 0 Å². The van der Waals surface area contributed by atoms with Crippen LogP contribution in [0.2, 0.25) is 0 Å². The molecule has 3 nitrogen and oxygen atoms in total. The molecule has 0 heterocycles. The molecule has 0 aromatic heterocycles. The van der Waals surface area contributed by atoms with Crippen LogP contribution in [0.4, 0.5) is 0 Å². The molecule has 0 radical (unpaired) electrons. The van der Waals surface area contributed by atoms with E-state index in [1.54, 1.807) is 0 Å². The summed E-state index contributed by atoms with van der Waals surface area (Å²) in [6, 6.07) is 0. The van der Waals surface area contributed by atoms with Gasteiger partial charge in [0.25, 0.3) is 0 Å². The lowest BCUT2D eigenvalue weighted by atomic mass is 9.42. The summed E-state index contributed by atoms with van der Waals surface area (Å²) in [5, 5.41) is 32.4. The van der Waals surface area contributed by atoms with E-state index in [1.165, 1.54) is 25.7 Å². The Morgan fingerprint density at radius 1 is 0.913 bits per heavy atom. The summed E-state index contributed by atoms with van der Waals surface area (Å²) in [5.41, 5.74) is -0.896. The van der Waals surface area contributed by atoms with Crippen LogP contribution >= 0.6 is 0 Å². The average Bonchev–Trinajstić information content (AvgIpc) is 2.79. The fourth-order valence-electron chi connectivity index (χ4n) is 7.52. The van der Waals surface area contributed by atoms with E-state index in [0.29, 0.717) is 29.6 Å². The second-order valence-corrected chi connectivity index (χ2v) is 9.89. The van der Waals surface area contributed by atoms with E-state index in [2.05, 4.69) is 20.8 Å². The maximum atomic E-state index is 11.4. The van der Waals surface area contributed by atoms with Gasteiger partial charge in [-0.05, 0) is 74.0 Å². The van der Waals surface area contributed by atoms with Crippen molar-refractivity contribution in [1.82, 2.24) is 0 Å². The van der Waals surface area contributed by atoms with Crippen molar-refractivity contribution in [3.63, 3.8) is 0 Å². The molecule has 4 aliphatic rings. The second-order valence-electron chi connectivity index (χ2n) is 9.89. The standard InChI is InChI=1S/C20H34O3/c1-12-4-5-15-14-10-17(22)20(23)11-13(21)6-9-19(20,3)16(14)7-8-18(12,15)2/h12-17,21-23H,4-11H2,1-3H3/t12-,13-,14?,15?,16?,17+,18+,19+,20-/m0/s1. The minimum Gasteiger partial charge on any atom is -0.393 e. The van der Waals surface area contributed by atoms with Crippen LogP contribution in [0.3, 0.4) is 0 Å². The molecule has 9 atom stereocenters. The molecule has 4 rings (SSSR count). The smallest absolute Gasteiger partial charge is 0.0985 e. The summed E-state index contributed by atoms with van der Waals surface area (Å²) in [6.45, 7) is 7.10. The minimum atomic E-state index is -1.09. The maximum absolute atomic E-state index is 11.4. The van der Waals surface area contributed by atoms with Gasteiger partial charge in [0.05, 0.1) is 17.8 Å². The molecule has 0 amide bonds. The number of hydrogen-bond acceptors (Lipinski definition) is 3. The molecule has 23 heavy (non-hydrogen) atoms. The van der Waals surface area contributed by atoms with E-state index in [4.69, 9.17) is 0 Å². The summed E-state index contributed by atoms with van der Waals surface area (Å²) in [7, 11) is 0. The van der Waals surface area contributed by atoms with Crippen molar-refractivity contribution in [3.05, 3.63) is 0 Å². The third-order valence-corrected chi connectivity index (χ3v) is 9.31. The third-order valence-electron chi connectivity index (χ3n) is 9.31. The van der Waals surface area contributed by atoms with Gasteiger partial charge in [0.15, 0.2) is 0 Å². The third kappa shape index (κ3) is 1.93. The van der Waals surface area contributed by atoms with Crippen molar-refractivity contribution in [2.45, 2.75) is 89.9 Å². The second kappa shape index (κ2) is 4.95. The summed E-state index contributed by atoms with van der Waals surface area (Å²) in [5.74, 6) is 2.55. The zero-order valence-electron chi connectivity index (χ0n) is 15.0. The summed E-state index contributed by atoms with van der Waals surface area (Å²) in [4.78, 5) is 0. The zero-order valence-corrected chi connectivity index (χ0v) is 15.0. The van der Waals surface area contributed by atoms with Crippen LogP contribution in [0.15, 0.2) is 0 Å². The Morgan fingerprint density at radius 3 is 2.39 bits per heavy atom. The zero-order chi connectivity index (χ0) is 16.6. The molecule has 0 aromatic carbocycles. The molecule has 3 unspecified atom stereocenters. The van der Waals surface area contributed by atoms with Crippen molar-refractivity contribution in [1.29, 1.82) is 0 Å². The lowest BCUT2D eigenvalue weighted by molar-refractivity contribution is -0.264. The molecule has 132 valence electrons. The fraction of sp³-hybridized carbons (Fsp3) is 1.00. The van der Waals surface area contributed by atoms with Crippen molar-refractivity contribution in [2.24, 2.45) is 34.5 Å². The van der Waals surface area contributed by atoms with Crippen LogP contribution in [0.25, 0.3) is 0 Å². The number of fused-ring (bicyclic) bond motifs is 5. The van der Waals surface area contributed by atoms with Gasteiger partial charge in [-0.1, -0.05) is 20.8 Å². The molecule has 0 saturated heterocycles. The highest BCUT2D eigenvalue weighted by Gasteiger charge is 2.66. The molecule has 0 spiro atoms. The van der Waals surface area contributed by atoms with Crippen molar-refractivity contribution >= 4 is 0 Å². The van der Waals surface area contributed by atoms with Crippen LogP contribution in [0.1, 0.15) is 72.1 Å². The van der Waals surface area contributed by atoms with Gasteiger partial charge in [-0.25, -0.2) is 0 Å². The van der Waals surface area contributed by atoms with Gasteiger partial charge >= 0.3 is 0 Å². The molecule has 0 bridgehead atoms. The highest BCUT2D eigenvalue weighted by molar-refractivity contribution is 5.16. The maximum Gasteiger partial charge on any atom is 0.0985 e. The van der Waals surface area contributed by atoms with Gasteiger partial charge in [0.2, 0.25) is 0 Å². The first-order chi connectivity index (χ1) is 10.7. The minimum absolute atomic E-state index is 0.234. The Morgan fingerprint density at radius 2 is 1.65 bits per heavy atom. The normalized spacial score (nSPS) is 62.3. The van der Waals surface area contributed by atoms with Crippen molar-refractivity contribution < 1.29 is 15.3 Å². The van der Waals surface area contributed by atoms with E-state index in [-0.39, 0.29) is 5.41 Å². The lowest BCUT2D eigenvalue weighted by Crippen LogP contribution is -2.68. The van der Waals surface area contributed by atoms with Gasteiger partial charge < -0.3 is 15.3 Å². The molecule has 4 aliphatic carbocycles. The summed E-state index contributed by atoms with van der Waals surface area (Å²) >= 11 is 0. The SMILES string of the molecule is C[C@H]1CCC2C3C[C@@H](O)[C@@]4(O)C[C@@H](O)CC[C@]4(C)C3CC[C@@]21C. The van der Waals surface area contributed by atoms with E-state index in [1.807, 2.05) is 0 Å². The molecule has 0 aromatic rings. The molecule has 0 aliphatic heterocycles. The molecular weight excluding hydrogens is 288 g/mol. The quantitative estimate of drug-likeness (QED) is 0.642. The van der Waals surface area contributed by atoms with Gasteiger partial charge in [-0.15, -0.1) is 0 Å². The first-order valence-corrected chi connectivity index (χ1v) is 9.81. The topological polar surface area (TPSA) is 60.7 Å². The Hall–Kier alpha value is -0.120. The van der Waals surface area contributed by atoms with E-state index >= 15 is 0 Å². The monoisotopic (exact) mass is 322 g/mol. The molecule has 3 N–H and O–H groups in total. The van der Waals surface area contributed by atoms with Crippen LogP contribution in [0.5, 0.6) is 0 Å². The van der Waals surface area contributed by atoms with Gasteiger partial charge in [-0.2, -0.15) is 0 Å². The van der Waals surface area contributed by atoms with Gasteiger partial charge in [-0.3, -0.25) is 0 Å². The van der Waals surface area contributed by atoms with E-state index in [0.717, 1.165) is 25.2 Å². The van der Waals surface area contributed by atoms with Gasteiger partial charge in [0, 0.05) is 11.8 Å². The number of rotatable bonds is 0. The lowest BCUT2D eigenvalue weighted by Gasteiger charge is -2.65. The van der Waals surface area contributed by atoms with Crippen LogP contribution in [0, 0.1) is 34.5 Å². The largest absolute Gasteiger partial charge is 0.393 e. The molecule has 3 heteroatoms. The predicted octanol–water partition coefficient (Wildman–Crippen LogP) is 3.11. The predicted molar refractivity (Wildman–Crippen MR) is 89.7 cm³/mol. The average molecular weight is 322 g/mol. The van der Waals surface area contributed by atoms with E-state index < -0.39 is 17.8 Å². The summed E-state index contributed by atoms with van der Waals surface area (Å²) in [6.07, 6.45) is 6.63. The molecule has 4 saturated carbocycles. The molecule has 4 fully saturated rings. The first-order valence-electron chi connectivity index (χ1n) is 9.81. The van der Waals surface area contributed by atoms with Gasteiger partial charge in [0.1, 0.15) is 0 Å². The number of hydrogen-bond donors (Lipinski definition) is 3. The van der Waals surface area contributed by atoms with Crippen LogP contribution in [-0.2, 0) is 0 Å². The fourth-order valence-corrected chi connectivity index (χ4v) is 7.52. The Kier molecular flexibility index (Phi) is 3.52. The highest BCUT2D eigenvalue weighted by Crippen LogP contribution is 2.68. The Bertz CT molecular complexity index is 493. The van der Waals surface area contributed by atoms with Crippen LogP contribution < -0.4 is 0 Å². The summed E-state index contributed by atoms with van der Waals surface area (Å²) < 4.78 is 0. The number of aliphatic hydroxyl groups is 3. The molecular formula is C20H34O3.